The molecule has 2 amide bonds. The third kappa shape index (κ3) is 3.79. The highest BCUT2D eigenvalue weighted by molar-refractivity contribution is 5.98. The third-order valence-electron chi connectivity index (χ3n) is 5.57. The molecule has 2 fully saturated rings. The molecule has 9 heteroatoms. The number of carbonyl (C=O) groups excluding carboxylic acids is 2. The highest BCUT2D eigenvalue weighted by Gasteiger charge is 2.58. The highest BCUT2D eigenvalue weighted by Crippen LogP contribution is 2.40. The quantitative estimate of drug-likeness (QED) is 0.603. The Hall–Kier alpha value is -2.52. The van der Waals surface area contributed by atoms with Crippen LogP contribution in [-0.2, 0) is 20.8 Å². The van der Waals surface area contributed by atoms with Crippen LogP contribution in [0.3, 0.4) is 0 Å². The van der Waals surface area contributed by atoms with E-state index in [0.717, 1.165) is 11.5 Å². The SMILES string of the molecule is CCCCON1C(=O)[C@@H]2CCCN2C(=O)[C@]1(O)Cc1cc(OC)c(OC)c(OC)c1. The molecular formula is C21H30N2O7. The van der Waals surface area contributed by atoms with Crippen molar-refractivity contribution in [2.45, 2.75) is 50.8 Å². The van der Waals surface area contributed by atoms with Gasteiger partial charge in [0.2, 0.25) is 11.5 Å². The second kappa shape index (κ2) is 9.09. The van der Waals surface area contributed by atoms with Gasteiger partial charge in [0.05, 0.1) is 27.9 Å². The predicted molar refractivity (Wildman–Crippen MR) is 107 cm³/mol. The second-order valence-corrected chi connectivity index (χ2v) is 7.50. The maximum atomic E-state index is 13.3. The van der Waals surface area contributed by atoms with Crippen LogP contribution in [0.25, 0.3) is 0 Å². The second-order valence-electron chi connectivity index (χ2n) is 7.50. The first-order valence-corrected chi connectivity index (χ1v) is 10.2. The normalized spacial score (nSPS) is 23.6. The molecule has 0 spiro atoms. The summed E-state index contributed by atoms with van der Waals surface area (Å²) in [6.45, 7) is 2.67. The van der Waals surface area contributed by atoms with Gasteiger partial charge in [-0.2, -0.15) is 5.06 Å². The molecule has 2 atom stereocenters. The van der Waals surface area contributed by atoms with Gasteiger partial charge in [-0.05, 0) is 37.0 Å². The largest absolute Gasteiger partial charge is 0.493 e. The van der Waals surface area contributed by atoms with E-state index >= 15 is 0 Å². The van der Waals surface area contributed by atoms with Crippen LogP contribution in [-0.4, -0.2) is 73.1 Å². The minimum atomic E-state index is -2.16. The first-order chi connectivity index (χ1) is 14.4. The standard InChI is InChI=1S/C21H30N2O7/c1-5-6-10-30-23-19(24)15-8-7-9-22(15)20(25)21(23,26)13-14-11-16(27-2)18(29-4)17(12-14)28-3/h11-12,15,26H,5-10,13H2,1-4H3/t15-,21+/m0/s1. The van der Waals surface area contributed by atoms with E-state index in [1.54, 1.807) is 12.1 Å². The number of nitrogens with zero attached hydrogens (tertiary/aromatic N) is 2. The molecule has 1 aromatic rings. The first-order valence-electron chi connectivity index (χ1n) is 10.2. The van der Waals surface area contributed by atoms with Gasteiger partial charge >= 0.3 is 0 Å². The number of hydrogen-bond acceptors (Lipinski definition) is 7. The number of hydrogen-bond donors (Lipinski definition) is 1. The zero-order valence-corrected chi connectivity index (χ0v) is 18.0. The molecule has 0 bridgehead atoms. The van der Waals surface area contributed by atoms with Gasteiger partial charge in [0, 0.05) is 13.0 Å². The summed E-state index contributed by atoms with van der Waals surface area (Å²) in [6, 6.07) is 2.72. The van der Waals surface area contributed by atoms with Crippen LogP contribution in [0.4, 0.5) is 0 Å². The minimum absolute atomic E-state index is 0.177. The number of ether oxygens (including phenoxy) is 3. The Kier molecular flexibility index (Phi) is 6.72. The van der Waals surface area contributed by atoms with Gasteiger partial charge in [-0.15, -0.1) is 0 Å². The molecule has 0 unspecified atom stereocenters. The van der Waals surface area contributed by atoms with E-state index in [9.17, 15) is 14.7 Å². The molecule has 0 aliphatic carbocycles. The summed E-state index contributed by atoms with van der Waals surface area (Å²) in [6.07, 6.45) is 2.66. The smallest absolute Gasteiger partial charge is 0.279 e. The minimum Gasteiger partial charge on any atom is -0.493 e. The van der Waals surface area contributed by atoms with Crippen LogP contribution in [0.1, 0.15) is 38.2 Å². The van der Waals surface area contributed by atoms with Crippen LogP contribution in [0.2, 0.25) is 0 Å². The Morgan fingerprint density at radius 2 is 1.80 bits per heavy atom. The summed E-state index contributed by atoms with van der Waals surface area (Å²) in [5, 5.41) is 12.4. The van der Waals surface area contributed by atoms with Crippen LogP contribution in [0, 0.1) is 0 Å². The van der Waals surface area contributed by atoms with Crippen molar-refractivity contribution >= 4 is 11.8 Å². The lowest BCUT2D eigenvalue weighted by atomic mass is 9.96. The highest BCUT2D eigenvalue weighted by atomic mass is 16.7. The number of piperazine rings is 1. The number of carbonyl (C=O) groups is 2. The Morgan fingerprint density at radius 1 is 1.13 bits per heavy atom. The summed E-state index contributed by atoms with van der Waals surface area (Å²) in [4.78, 5) is 33.5. The monoisotopic (exact) mass is 422 g/mol. The Bertz CT molecular complexity index is 775. The third-order valence-corrected chi connectivity index (χ3v) is 5.57. The van der Waals surface area contributed by atoms with E-state index in [1.807, 2.05) is 6.92 Å². The maximum absolute atomic E-state index is 13.3. The van der Waals surface area contributed by atoms with E-state index < -0.39 is 23.6 Å². The average Bonchev–Trinajstić information content (AvgIpc) is 3.24. The molecule has 166 valence electrons. The lowest BCUT2D eigenvalue weighted by Crippen LogP contribution is -2.71. The maximum Gasteiger partial charge on any atom is 0.279 e. The molecular weight excluding hydrogens is 392 g/mol. The molecule has 0 saturated carbocycles. The first kappa shape index (κ1) is 22.2. The van der Waals surface area contributed by atoms with E-state index in [0.29, 0.717) is 48.6 Å². The molecule has 1 aromatic carbocycles. The number of aliphatic hydroxyl groups is 1. The van der Waals surface area contributed by atoms with Crippen molar-refractivity contribution in [1.29, 1.82) is 0 Å². The Morgan fingerprint density at radius 3 is 2.37 bits per heavy atom. The topological polar surface area (TPSA) is 97.8 Å². The Labute approximate surface area is 176 Å². The molecule has 2 aliphatic heterocycles. The number of rotatable bonds is 9. The van der Waals surface area contributed by atoms with Crippen LogP contribution in [0.15, 0.2) is 12.1 Å². The zero-order valence-electron chi connectivity index (χ0n) is 18.0. The summed E-state index contributed by atoms with van der Waals surface area (Å²) in [5.41, 5.74) is -1.62. The van der Waals surface area contributed by atoms with Gasteiger partial charge in [-0.3, -0.25) is 14.4 Å². The lowest BCUT2D eigenvalue weighted by Gasteiger charge is -2.46. The van der Waals surface area contributed by atoms with Gasteiger partial charge < -0.3 is 24.2 Å². The molecule has 2 aliphatic rings. The molecule has 3 rings (SSSR count). The number of amides is 2. The Balaban J connectivity index is 1.99. The molecule has 9 nitrogen and oxygen atoms in total. The summed E-state index contributed by atoms with van der Waals surface area (Å²) in [5.74, 6) is 0.260. The van der Waals surface area contributed by atoms with Crippen molar-refractivity contribution in [2.24, 2.45) is 0 Å². The van der Waals surface area contributed by atoms with Crippen molar-refractivity contribution in [3.05, 3.63) is 17.7 Å². The van der Waals surface area contributed by atoms with Crippen molar-refractivity contribution in [2.75, 3.05) is 34.5 Å². The molecule has 1 N–H and O–H groups in total. The lowest BCUT2D eigenvalue weighted by molar-refractivity contribution is -0.285. The van der Waals surface area contributed by atoms with Gasteiger partial charge in [-0.25, -0.2) is 0 Å². The van der Waals surface area contributed by atoms with Gasteiger partial charge in [0.25, 0.3) is 11.8 Å². The number of fused-ring (bicyclic) bond motifs is 1. The van der Waals surface area contributed by atoms with Crippen molar-refractivity contribution in [3.8, 4) is 17.2 Å². The molecule has 2 heterocycles. The average molecular weight is 422 g/mol. The van der Waals surface area contributed by atoms with Crippen molar-refractivity contribution in [3.63, 3.8) is 0 Å². The van der Waals surface area contributed by atoms with Crippen molar-refractivity contribution in [1.82, 2.24) is 9.96 Å². The summed E-state index contributed by atoms with van der Waals surface area (Å²) < 4.78 is 16.1. The van der Waals surface area contributed by atoms with E-state index in [4.69, 9.17) is 19.0 Å². The van der Waals surface area contributed by atoms with Crippen LogP contribution in [0.5, 0.6) is 17.2 Å². The predicted octanol–water partition coefficient (Wildman–Crippen LogP) is 1.51. The molecule has 30 heavy (non-hydrogen) atoms. The van der Waals surface area contributed by atoms with Crippen LogP contribution < -0.4 is 14.2 Å². The number of methoxy groups -OCH3 is 3. The number of unbranched alkanes of at least 4 members (excludes halogenated alkanes) is 1. The number of hydroxylamine groups is 2. The fourth-order valence-corrected chi connectivity index (χ4v) is 4.04. The molecule has 0 radical (unpaired) electrons. The number of benzene rings is 1. The van der Waals surface area contributed by atoms with Gasteiger partial charge in [0.15, 0.2) is 11.5 Å². The van der Waals surface area contributed by atoms with Gasteiger partial charge in [-0.1, -0.05) is 13.3 Å². The summed E-state index contributed by atoms with van der Waals surface area (Å²) in [7, 11) is 4.47. The van der Waals surface area contributed by atoms with Gasteiger partial charge in [0.1, 0.15) is 6.04 Å². The fourth-order valence-electron chi connectivity index (χ4n) is 4.04. The molecule has 0 aromatic heterocycles. The fraction of sp³-hybridized carbons (Fsp3) is 0.619. The van der Waals surface area contributed by atoms with Crippen LogP contribution >= 0.6 is 0 Å². The molecule has 2 saturated heterocycles. The van der Waals surface area contributed by atoms with E-state index in [1.165, 1.54) is 26.2 Å². The van der Waals surface area contributed by atoms with E-state index in [-0.39, 0.29) is 13.0 Å². The zero-order chi connectivity index (χ0) is 21.9. The van der Waals surface area contributed by atoms with E-state index in [2.05, 4.69) is 0 Å². The van der Waals surface area contributed by atoms with Crippen molar-refractivity contribution < 1.29 is 33.7 Å². The summed E-state index contributed by atoms with van der Waals surface area (Å²) >= 11 is 0.